The van der Waals surface area contributed by atoms with E-state index in [1.807, 2.05) is 6.92 Å². The zero-order chi connectivity index (χ0) is 16.8. The lowest BCUT2D eigenvalue weighted by Gasteiger charge is -2.15. The summed E-state index contributed by atoms with van der Waals surface area (Å²) in [5.41, 5.74) is 0.406. The lowest BCUT2D eigenvalue weighted by molar-refractivity contribution is -0.122. The summed E-state index contributed by atoms with van der Waals surface area (Å²) in [6.45, 7) is 4.11. The molecule has 0 fully saturated rings. The molecule has 0 spiro atoms. The molecule has 0 aromatic heterocycles. The summed E-state index contributed by atoms with van der Waals surface area (Å²) >= 11 is 5.68. The number of hydrogen-bond acceptors (Lipinski definition) is 3. The molecule has 0 radical (unpaired) electrons. The zero-order valence-corrected chi connectivity index (χ0v) is 13.6. The van der Waals surface area contributed by atoms with Crippen LogP contribution in [0.2, 0.25) is 5.02 Å². The molecule has 1 atom stereocenters. The van der Waals surface area contributed by atoms with Crippen molar-refractivity contribution in [2.75, 3.05) is 11.9 Å². The van der Waals surface area contributed by atoms with Gasteiger partial charge in [-0.05, 0) is 56.3 Å². The van der Waals surface area contributed by atoms with Gasteiger partial charge in [-0.15, -0.1) is 0 Å². The number of nitrogens with one attached hydrogen (secondary N) is 1. The SMILES string of the molecule is CCOc1ccc(OC(C)C(=O)Nc2ccc(F)c(Cl)c2)cc1. The third-order valence-electron chi connectivity index (χ3n) is 3.00. The number of ether oxygens (including phenoxy) is 2. The Hall–Kier alpha value is -2.27. The number of carbonyl (C=O) groups is 1. The first-order chi connectivity index (χ1) is 11.0. The minimum Gasteiger partial charge on any atom is -0.494 e. The predicted molar refractivity (Wildman–Crippen MR) is 87.7 cm³/mol. The van der Waals surface area contributed by atoms with E-state index in [-0.39, 0.29) is 10.9 Å². The van der Waals surface area contributed by atoms with E-state index in [0.29, 0.717) is 18.0 Å². The molecular formula is C17H17ClFNO3. The van der Waals surface area contributed by atoms with Crippen LogP contribution in [-0.4, -0.2) is 18.6 Å². The van der Waals surface area contributed by atoms with Crippen molar-refractivity contribution < 1.29 is 18.7 Å². The lowest BCUT2D eigenvalue weighted by Crippen LogP contribution is -2.30. The predicted octanol–water partition coefficient (Wildman–Crippen LogP) is 4.28. The van der Waals surface area contributed by atoms with Crippen molar-refractivity contribution >= 4 is 23.2 Å². The number of amides is 1. The Kier molecular flexibility index (Phi) is 5.82. The topological polar surface area (TPSA) is 47.6 Å². The molecule has 0 heterocycles. The first-order valence-electron chi connectivity index (χ1n) is 7.15. The molecule has 1 N–H and O–H groups in total. The van der Waals surface area contributed by atoms with Gasteiger partial charge in [0.15, 0.2) is 6.10 Å². The van der Waals surface area contributed by atoms with Crippen molar-refractivity contribution in [1.29, 1.82) is 0 Å². The third kappa shape index (κ3) is 4.86. The standard InChI is InChI=1S/C17H17ClFNO3/c1-3-22-13-5-7-14(8-6-13)23-11(2)17(21)20-12-4-9-16(19)15(18)10-12/h4-11H,3H2,1-2H3,(H,20,21). The summed E-state index contributed by atoms with van der Waals surface area (Å²) in [6, 6.07) is 11.0. The summed E-state index contributed by atoms with van der Waals surface area (Å²) in [4.78, 5) is 12.1. The van der Waals surface area contributed by atoms with Gasteiger partial charge in [-0.3, -0.25) is 4.79 Å². The highest BCUT2D eigenvalue weighted by molar-refractivity contribution is 6.31. The third-order valence-corrected chi connectivity index (χ3v) is 3.29. The van der Waals surface area contributed by atoms with Gasteiger partial charge in [0, 0.05) is 5.69 Å². The van der Waals surface area contributed by atoms with Gasteiger partial charge in [0.1, 0.15) is 17.3 Å². The largest absolute Gasteiger partial charge is 0.494 e. The fourth-order valence-corrected chi connectivity index (χ4v) is 2.04. The van der Waals surface area contributed by atoms with Crippen LogP contribution < -0.4 is 14.8 Å². The normalized spacial score (nSPS) is 11.7. The van der Waals surface area contributed by atoms with Crippen LogP contribution >= 0.6 is 11.6 Å². The highest BCUT2D eigenvalue weighted by Crippen LogP contribution is 2.21. The maximum atomic E-state index is 13.1. The lowest BCUT2D eigenvalue weighted by atomic mass is 10.3. The highest BCUT2D eigenvalue weighted by atomic mass is 35.5. The molecule has 23 heavy (non-hydrogen) atoms. The number of carbonyl (C=O) groups excluding carboxylic acids is 1. The average Bonchev–Trinajstić information content (AvgIpc) is 2.53. The summed E-state index contributed by atoms with van der Waals surface area (Å²) in [5, 5.41) is 2.57. The first-order valence-corrected chi connectivity index (χ1v) is 7.53. The molecule has 2 rings (SSSR count). The van der Waals surface area contributed by atoms with Crippen molar-refractivity contribution in [2.24, 2.45) is 0 Å². The van der Waals surface area contributed by atoms with E-state index < -0.39 is 11.9 Å². The van der Waals surface area contributed by atoms with Crippen LogP contribution in [0.1, 0.15) is 13.8 Å². The zero-order valence-electron chi connectivity index (χ0n) is 12.8. The second kappa shape index (κ2) is 7.83. The number of rotatable bonds is 6. The fraction of sp³-hybridized carbons (Fsp3) is 0.235. The van der Waals surface area contributed by atoms with Crippen LogP contribution in [0.5, 0.6) is 11.5 Å². The Balaban J connectivity index is 1.95. The second-order valence-corrected chi connectivity index (χ2v) is 5.19. The van der Waals surface area contributed by atoms with Crippen LogP contribution in [0.3, 0.4) is 0 Å². The molecule has 122 valence electrons. The molecule has 6 heteroatoms. The van der Waals surface area contributed by atoms with Gasteiger partial charge in [-0.1, -0.05) is 11.6 Å². The molecule has 0 bridgehead atoms. The average molecular weight is 338 g/mol. The quantitative estimate of drug-likeness (QED) is 0.855. The molecule has 4 nitrogen and oxygen atoms in total. The van der Waals surface area contributed by atoms with Gasteiger partial charge < -0.3 is 14.8 Å². The van der Waals surface area contributed by atoms with E-state index >= 15 is 0 Å². The number of halogens is 2. The fourth-order valence-electron chi connectivity index (χ4n) is 1.86. The molecule has 1 unspecified atom stereocenters. The van der Waals surface area contributed by atoms with E-state index in [0.717, 1.165) is 5.75 Å². The maximum Gasteiger partial charge on any atom is 0.265 e. The van der Waals surface area contributed by atoms with Gasteiger partial charge in [-0.25, -0.2) is 4.39 Å². The molecule has 2 aromatic carbocycles. The van der Waals surface area contributed by atoms with Gasteiger partial charge in [0.2, 0.25) is 0 Å². The van der Waals surface area contributed by atoms with E-state index in [9.17, 15) is 9.18 Å². The number of benzene rings is 2. The molecule has 0 saturated heterocycles. The van der Waals surface area contributed by atoms with Crippen molar-refractivity contribution in [2.45, 2.75) is 20.0 Å². The molecule has 0 aliphatic heterocycles. The van der Waals surface area contributed by atoms with Crippen LogP contribution in [0, 0.1) is 5.82 Å². The smallest absolute Gasteiger partial charge is 0.265 e. The second-order valence-electron chi connectivity index (χ2n) is 4.78. The summed E-state index contributed by atoms with van der Waals surface area (Å²) in [7, 11) is 0. The van der Waals surface area contributed by atoms with Crippen LogP contribution in [0.15, 0.2) is 42.5 Å². The van der Waals surface area contributed by atoms with Gasteiger partial charge in [0.05, 0.1) is 11.6 Å². The number of hydrogen-bond donors (Lipinski definition) is 1. The van der Waals surface area contributed by atoms with Gasteiger partial charge >= 0.3 is 0 Å². The Morgan fingerprint density at radius 1 is 1.22 bits per heavy atom. The van der Waals surface area contributed by atoms with E-state index in [1.54, 1.807) is 31.2 Å². The Morgan fingerprint density at radius 2 is 1.87 bits per heavy atom. The van der Waals surface area contributed by atoms with Gasteiger partial charge in [0.25, 0.3) is 5.91 Å². The van der Waals surface area contributed by atoms with Gasteiger partial charge in [-0.2, -0.15) is 0 Å². The Morgan fingerprint density at radius 3 is 2.48 bits per heavy atom. The molecular weight excluding hydrogens is 321 g/mol. The van der Waals surface area contributed by atoms with E-state index in [4.69, 9.17) is 21.1 Å². The molecule has 0 saturated carbocycles. The van der Waals surface area contributed by atoms with Crippen LogP contribution in [-0.2, 0) is 4.79 Å². The first kappa shape index (κ1) is 17.1. The summed E-state index contributed by atoms with van der Waals surface area (Å²) < 4.78 is 24.0. The Labute approximate surface area is 139 Å². The molecule has 2 aromatic rings. The van der Waals surface area contributed by atoms with Crippen molar-refractivity contribution in [3.05, 3.63) is 53.3 Å². The minimum atomic E-state index is -0.725. The summed E-state index contributed by atoms with van der Waals surface area (Å²) in [5.74, 6) is 0.385. The van der Waals surface area contributed by atoms with Crippen molar-refractivity contribution in [1.82, 2.24) is 0 Å². The summed E-state index contributed by atoms with van der Waals surface area (Å²) in [6.07, 6.45) is -0.725. The van der Waals surface area contributed by atoms with Crippen molar-refractivity contribution in [3.8, 4) is 11.5 Å². The monoisotopic (exact) mass is 337 g/mol. The van der Waals surface area contributed by atoms with Crippen LogP contribution in [0.25, 0.3) is 0 Å². The number of anilines is 1. The van der Waals surface area contributed by atoms with E-state index in [2.05, 4.69) is 5.32 Å². The van der Waals surface area contributed by atoms with Crippen molar-refractivity contribution in [3.63, 3.8) is 0 Å². The van der Waals surface area contributed by atoms with Crippen LogP contribution in [0.4, 0.5) is 10.1 Å². The molecule has 0 aliphatic rings. The molecule has 1 amide bonds. The Bertz CT molecular complexity index is 676. The molecule has 0 aliphatic carbocycles. The van der Waals surface area contributed by atoms with E-state index in [1.165, 1.54) is 18.2 Å². The minimum absolute atomic E-state index is 0.0529. The highest BCUT2D eigenvalue weighted by Gasteiger charge is 2.15. The maximum absolute atomic E-state index is 13.1.